The third kappa shape index (κ3) is 3.90. The first-order valence-corrected chi connectivity index (χ1v) is 17.5. The lowest BCUT2D eigenvalue weighted by Crippen LogP contribution is -2.40. The number of hydrogen-bond donors (Lipinski definition) is 1. The summed E-state index contributed by atoms with van der Waals surface area (Å²) < 4.78 is 4.91. The molecule has 2 aromatic heterocycles. The summed E-state index contributed by atoms with van der Waals surface area (Å²) in [5.74, 6) is 1.10. The normalized spacial score (nSPS) is 18.3. The third-order valence-corrected chi connectivity index (χ3v) is 10.8. The van der Waals surface area contributed by atoms with Gasteiger partial charge < -0.3 is 9.88 Å². The maximum absolute atomic E-state index is 5.55. The van der Waals surface area contributed by atoms with Gasteiger partial charge in [0.15, 0.2) is 0 Å². The smallest absolute Gasteiger partial charge is 0.134 e. The number of allylic oxidation sites excluding steroid dienone is 3. The highest BCUT2D eigenvalue weighted by molar-refractivity contribution is 6.29. The summed E-state index contributed by atoms with van der Waals surface area (Å²) in [5.41, 5.74) is 9.50. The highest BCUT2D eigenvalue weighted by atomic mass is 15.2. The van der Waals surface area contributed by atoms with E-state index in [2.05, 4.69) is 178 Å². The van der Waals surface area contributed by atoms with E-state index in [-0.39, 0.29) is 12.0 Å². The number of para-hydroxylation sites is 2. The molecule has 0 spiro atoms. The molecule has 1 aliphatic heterocycles. The Balaban J connectivity index is 1.21. The SMILES string of the molecule is C1=CC2=NC(C3C=Cc4c(n(-c5ccccc5)c5ccccc45)C3)=C(n3c4ccc5ccccc5c4c4c5ccccc5ccc43)NC2C=C1. The van der Waals surface area contributed by atoms with Gasteiger partial charge in [0.05, 0.1) is 34.0 Å². The van der Waals surface area contributed by atoms with E-state index in [1.54, 1.807) is 0 Å². The summed E-state index contributed by atoms with van der Waals surface area (Å²) in [6, 6.07) is 46.2. The predicted octanol–water partition coefficient (Wildman–Crippen LogP) is 10.6. The van der Waals surface area contributed by atoms with Gasteiger partial charge >= 0.3 is 0 Å². The second-order valence-electron chi connectivity index (χ2n) is 13.6. The van der Waals surface area contributed by atoms with Crippen LogP contribution in [0.1, 0.15) is 11.3 Å². The van der Waals surface area contributed by atoms with Crippen LogP contribution in [0.5, 0.6) is 0 Å². The molecule has 3 heterocycles. The lowest BCUT2D eigenvalue weighted by atomic mass is 9.89. The first-order chi connectivity index (χ1) is 24.8. The molecule has 236 valence electrons. The number of fused-ring (bicyclic) bond motifs is 11. The molecule has 0 fully saturated rings. The van der Waals surface area contributed by atoms with Gasteiger partial charge in [0.25, 0.3) is 0 Å². The van der Waals surface area contributed by atoms with Gasteiger partial charge in [-0.05, 0) is 58.0 Å². The number of aliphatic imine (C=N–C) groups is 1. The van der Waals surface area contributed by atoms with Crippen LogP contribution in [0, 0.1) is 5.92 Å². The van der Waals surface area contributed by atoms with Gasteiger partial charge in [-0.2, -0.15) is 0 Å². The van der Waals surface area contributed by atoms with E-state index in [9.17, 15) is 0 Å². The summed E-state index contributed by atoms with van der Waals surface area (Å²) in [6.45, 7) is 0. The Labute approximate surface area is 289 Å². The van der Waals surface area contributed by atoms with E-state index in [1.165, 1.54) is 71.2 Å². The molecule has 50 heavy (non-hydrogen) atoms. The zero-order chi connectivity index (χ0) is 32.8. The monoisotopic (exact) mass is 640 g/mol. The van der Waals surface area contributed by atoms with Gasteiger partial charge in [-0.15, -0.1) is 0 Å². The van der Waals surface area contributed by atoms with Crippen LogP contribution < -0.4 is 5.32 Å². The maximum Gasteiger partial charge on any atom is 0.134 e. The number of aromatic nitrogens is 2. The van der Waals surface area contributed by atoms with Crippen molar-refractivity contribution in [3.05, 3.63) is 175 Å². The Morgan fingerprint density at radius 1 is 0.560 bits per heavy atom. The minimum Gasteiger partial charge on any atom is -0.358 e. The van der Waals surface area contributed by atoms with Crippen molar-refractivity contribution < 1.29 is 0 Å². The van der Waals surface area contributed by atoms with Gasteiger partial charge in [0.2, 0.25) is 0 Å². The second kappa shape index (κ2) is 10.6. The summed E-state index contributed by atoms with van der Waals surface area (Å²) in [6.07, 6.45) is 14.1. The number of benzene rings is 6. The minimum absolute atomic E-state index is 0.00828. The molecule has 2 atom stereocenters. The number of nitrogens with zero attached hydrogens (tertiary/aromatic N) is 3. The molecule has 11 rings (SSSR count). The molecular weight excluding hydrogens is 609 g/mol. The van der Waals surface area contributed by atoms with Crippen molar-refractivity contribution >= 4 is 71.9 Å². The Morgan fingerprint density at radius 2 is 1.22 bits per heavy atom. The van der Waals surface area contributed by atoms with Gasteiger partial charge in [-0.1, -0.05) is 127 Å². The van der Waals surface area contributed by atoms with Crippen LogP contribution in [0.4, 0.5) is 0 Å². The van der Waals surface area contributed by atoms with Crippen molar-refractivity contribution in [2.24, 2.45) is 10.9 Å². The summed E-state index contributed by atoms with van der Waals surface area (Å²) in [4.78, 5) is 5.55. The van der Waals surface area contributed by atoms with E-state index in [0.717, 1.165) is 23.7 Å². The number of rotatable bonds is 3. The van der Waals surface area contributed by atoms with E-state index in [0.29, 0.717) is 0 Å². The molecule has 0 radical (unpaired) electrons. The number of nitrogens with one attached hydrogen (secondary N) is 1. The Morgan fingerprint density at radius 3 is 1.96 bits per heavy atom. The van der Waals surface area contributed by atoms with Gasteiger partial charge in [0, 0.05) is 45.4 Å². The zero-order valence-corrected chi connectivity index (χ0v) is 27.3. The average molecular weight is 641 g/mol. The molecule has 4 nitrogen and oxygen atoms in total. The van der Waals surface area contributed by atoms with Crippen LogP contribution in [0.2, 0.25) is 0 Å². The Hall–Kier alpha value is -6.39. The van der Waals surface area contributed by atoms with Crippen LogP contribution in [0.3, 0.4) is 0 Å². The van der Waals surface area contributed by atoms with Crippen molar-refractivity contribution in [2.45, 2.75) is 12.5 Å². The molecule has 0 bridgehead atoms. The molecule has 1 N–H and O–H groups in total. The summed E-state index contributed by atoms with van der Waals surface area (Å²) >= 11 is 0. The van der Waals surface area contributed by atoms with E-state index >= 15 is 0 Å². The van der Waals surface area contributed by atoms with E-state index in [1.807, 2.05) is 0 Å². The summed E-state index contributed by atoms with van der Waals surface area (Å²) in [7, 11) is 0. The van der Waals surface area contributed by atoms with Crippen molar-refractivity contribution in [3.63, 3.8) is 0 Å². The fourth-order valence-corrected chi connectivity index (χ4v) is 8.65. The molecule has 6 aromatic carbocycles. The first-order valence-electron chi connectivity index (χ1n) is 17.5. The van der Waals surface area contributed by atoms with Crippen LogP contribution >= 0.6 is 0 Å². The van der Waals surface area contributed by atoms with Crippen LogP contribution in [-0.4, -0.2) is 20.9 Å². The molecule has 2 unspecified atom stereocenters. The summed E-state index contributed by atoms with van der Waals surface area (Å²) in [5, 5.41) is 12.9. The second-order valence-corrected chi connectivity index (χ2v) is 13.6. The number of hydrogen-bond acceptors (Lipinski definition) is 2. The average Bonchev–Trinajstić information content (AvgIpc) is 3.71. The Bertz CT molecular complexity index is 2780. The molecule has 3 aliphatic rings. The van der Waals surface area contributed by atoms with Crippen molar-refractivity contribution in [3.8, 4) is 5.69 Å². The molecule has 2 aliphatic carbocycles. The topological polar surface area (TPSA) is 34.2 Å². The predicted molar refractivity (Wildman–Crippen MR) is 210 cm³/mol. The molecule has 0 saturated heterocycles. The van der Waals surface area contributed by atoms with Crippen molar-refractivity contribution in [2.75, 3.05) is 0 Å². The lowest BCUT2D eigenvalue weighted by molar-refractivity contribution is 0.680. The highest BCUT2D eigenvalue weighted by Gasteiger charge is 2.32. The molecule has 4 heteroatoms. The van der Waals surface area contributed by atoms with Gasteiger partial charge in [-0.3, -0.25) is 9.56 Å². The van der Waals surface area contributed by atoms with Gasteiger partial charge in [0.1, 0.15) is 5.82 Å². The van der Waals surface area contributed by atoms with Crippen LogP contribution in [0.25, 0.3) is 71.8 Å². The maximum atomic E-state index is 5.55. The standard InChI is InChI=1S/C46H32N4/c1-2-14-32(15-3-1)49-39-21-11-8-18-35(39)36-25-22-31(28-42(36)49)45-46(48-38-20-10-9-19-37(38)47-45)50-40-26-23-29-12-4-6-16-33(29)43(40)44-34-17-7-5-13-30(34)24-27-41(44)50/h1-27,31,38,48H,28H2. The van der Waals surface area contributed by atoms with E-state index in [4.69, 9.17) is 4.99 Å². The van der Waals surface area contributed by atoms with Crippen LogP contribution in [0.15, 0.2) is 168 Å². The largest absolute Gasteiger partial charge is 0.358 e. The zero-order valence-electron chi connectivity index (χ0n) is 27.3. The van der Waals surface area contributed by atoms with E-state index < -0.39 is 0 Å². The quantitative estimate of drug-likeness (QED) is 0.205. The van der Waals surface area contributed by atoms with Crippen molar-refractivity contribution in [1.82, 2.24) is 14.5 Å². The van der Waals surface area contributed by atoms with Gasteiger partial charge in [-0.25, -0.2) is 0 Å². The van der Waals surface area contributed by atoms with Crippen LogP contribution in [-0.2, 0) is 6.42 Å². The van der Waals surface area contributed by atoms with Crippen molar-refractivity contribution in [1.29, 1.82) is 0 Å². The molecule has 0 amide bonds. The first kappa shape index (κ1) is 27.5. The fourth-order valence-electron chi connectivity index (χ4n) is 8.65. The highest BCUT2D eigenvalue weighted by Crippen LogP contribution is 2.43. The molecular formula is C46H32N4. The Kier molecular flexibility index (Phi) is 5.81. The fraction of sp³-hybridized carbons (Fsp3) is 0.0652. The lowest BCUT2D eigenvalue weighted by Gasteiger charge is -2.32. The third-order valence-electron chi connectivity index (χ3n) is 10.8. The molecule has 0 saturated carbocycles. The molecule has 8 aromatic rings. The minimum atomic E-state index is -0.00828.